The molecule has 0 amide bonds. The molecule has 4 aliphatic carbocycles. The minimum absolute atomic E-state index is 0.369. The van der Waals surface area contributed by atoms with E-state index in [-0.39, 0.29) is 0 Å². The van der Waals surface area contributed by atoms with E-state index in [1.807, 2.05) is 6.21 Å². The average Bonchev–Trinajstić information content (AvgIpc) is 3.27. The first-order valence-corrected chi connectivity index (χ1v) is 13.8. The predicted octanol–water partition coefficient (Wildman–Crippen LogP) is 8.10. The zero-order chi connectivity index (χ0) is 21.8. The summed E-state index contributed by atoms with van der Waals surface area (Å²) in [6.07, 6.45) is 18.2. The molecule has 4 saturated carbocycles. The first-order valence-electron chi connectivity index (χ1n) is 13.0. The summed E-state index contributed by atoms with van der Waals surface area (Å²) in [7, 11) is 0. The number of benzene rings is 1. The Morgan fingerprint density at radius 3 is 2.31 bits per heavy atom. The Bertz CT molecular complexity index is 865. The van der Waals surface area contributed by atoms with Crippen LogP contribution >= 0.6 is 11.3 Å². The van der Waals surface area contributed by atoms with Crippen molar-refractivity contribution in [3.63, 3.8) is 0 Å². The lowest BCUT2D eigenvalue weighted by Crippen LogP contribution is -2.48. The van der Waals surface area contributed by atoms with E-state index in [0.717, 1.165) is 47.2 Å². The largest absolute Gasteiger partial charge is 0.494 e. The van der Waals surface area contributed by atoms with Gasteiger partial charge in [0.2, 0.25) is 5.13 Å². The second-order valence-corrected chi connectivity index (χ2v) is 11.5. The van der Waals surface area contributed by atoms with Crippen LogP contribution in [0.3, 0.4) is 0 Å². The van der Waals surface area contributed by atoms with Gasteiger partial charge in [0.1, 0.15) is 5.75 Å². The maximum absolute atomic E-state index is 5.90. The Morgan fingerprint density at radius 1 is 0.969 bits per heavy atom. The molecule has 0 spiro atoms. The summed E-state index contributed by atoms with van der Waals surface area (Å²) < 4.78 is 5.90. The second-order valence-electron chi connectivity index (χ2n) is 10.7. The Balaban J connectivity index is 1.12. The molecular formula is C28H38N2OS. The van der Waals surface area contributed by atoms with E-state index in [0.29, 0.717) is 5.41 Å². The van der Waals surface area contributed by atoms with Gasteiger partial charge in [-0.3, -0.25) is 0 Å². The van der Waals surface area contributed by atoms with Crippen LogP contribution in [0.25, 0.3) is 0 Å². The van der Waals surface area contributed by atoms with Gasteiger partial charge in [-0.15, -0.1) is 11.3 Å². The topological polar surface area (TPSA) is 34.5 Å². The van der Waals surface area contributed by atoms with E-state index in [9.17, 15) is 0 Å². The van der Waals surface area contributed by atoms with Crippen molar-refractivity contribution in [2.24, 2.45) is 22.7 Å². The van der Waals surface area contributed by atoms with Crippen LogP contribution in [0, 0.1) is 17.8 Å². The average molecular weight is 451 g/mol. The van der Waals surface area contributed by atoms with E-state index < -0.39 is 0 Å². The van der Waals surface area contributed by atoms with Crippen molar-refractivity contribution in [2.75, 3.05) is 6.61 Å². The molecule has 172 valence electrons. The Morgan fingerprint density at radius 2 is 1.62 bits per heavy atom. The number of aromatic nitrogens is 1. The van der Waals surface area contributed by atoms with Crippen molar-refractivity contribution < 1.29 is 4.74 Å². The highest BCUT2D eigenvalue weighted by Gasteiger charge is 2.52. The van der Waals surface area contributed by atoms with Gasteiger partial charge in [0.05, 0.1) is 12.3 Å². The van der Waals surface area contributed by atoms with Crippen molar-refractivity contribution in [3.8, 4) is 5.75 Å². The lowest BCUT2D eigenvalue weighted by Gasteiger charge is -2.56. The smallest absolute Gasteiger partial charge is 0.209 e. The summed E-state index contributed by atoms with van der Waals surface area (Å²) in [6, 6.07) is 8.30. The van der Waals surface area contributed by atoms with Gasteiger partial charge >= 0.3 is 0 Å². The third-order valence-corrected chi connectivity index (χ3v) is 8.79. The van der Waals surface area contributed by atoms with Gasteiger partial charge < -0.3 is 4.74 Å². The third-order valence-electron chi connectivity index (χ3n) is 8.04. The van der Waals surface area contributed by atoms with Crippen molar-refractivity contribution in [1.82, 2.24) is 4.98 Å². The first kappa shape index (κ1) is 22.1. The molecule has 4 bridgehead atoms. The van der Waals surface area contributed by atoms with Crippen LogP contribution in [-0.4, -0.2) is 17.8 Å². The fraction of sp³-hybridized carbons (Fsp3) is 0.643. The minimum Gasteiger partial charge on any atom is -0.494 e. The van der Waals surface area contributed by atoms with Gasteiger partial charge in [-0.25, -0.2) is 9.98 Å². The molecule has 6 rings (SSSR count). The van der Waals surface area contributed by atoms with Crippen LogP contribution in [0.15, 0.2) is 34.6 Å². The summed E-state index contributed by atoms with van der Waals surface area (Å²) in [5.41, 5.74) is 2.81. The van der Waals surface area contributed by atoms with E-state index >= 15 is 0 Å². The van der Waals surface area contributed by atoms with Crippen LogP contribution in [-0.2, 0) is 5.41 Å². The zero-order valence-electron chi connectivity index (χ0n) is 19.6. The monoisotopic (exact) mass is 450 g/mol. The van der Waals surface area contributed by atoms with Gasteiger partial charge in [-0.1, -0.05) is 39.0 Å². The number of aliphatic imine (C=N–C) groups is 1. The highest BCUT2D eigenvalue weighted by atomic mass is 32.1. The molecule has 0 atom stereocenters. The van der Waals surface area contributed by atoms with Gasteiger partial charge in [-0.05, 0) is 92.5 Å². The first-order chi connectivity index (χ1) is 15.7. The van der Waals surface area contributed by atoms with E-state index in [1.165, 1.54) is 76.3 Å². The molecule has 4 aliphatic rings. The molecule has 0 N–H and O–H groups in total. The van der Waals surface area contributed by atoms with E-state index in [2.05, 4.69) is 36.6 Å². The molecule has 3 nitrogen and oxygen atoms in total. The molecule has 0 radical (unpaired) electrons. The van der Waals surface area contributed by atoms with Crippen LogP contribution in [0.1, 0.15) is 95.2 Å². The van der Waals surface area contributed by atoms with Crippen molar-refractivity contribution in [3.05, 3.63) is 40.9 Å². The molecule has 32 heavy (non-hydrogen) atoms. The molecule has 1 aromatic carbocycles. The van der Waals surface area contributed by atoms with Crippen molar-refractivity contribution >= 4 is 22.7 Å². The lowest BCUT2D eigenvalue weighted by atomic mass is 9.49. The minimum atomic E-state index is 0.369. The van der Waals surface area contributed by atoms with Gasteiger partial charge in [-0.2, -0.15) is 0 Å². The molecule has 2 aromatic rings. The number of unbranched alkanes of at least 4 members (excludes halogenated alkanes) is 5. The standard InChI is InChI=1S/C28H38N2OS/c1-2-3-4-5-6-7-12-31-25-10-8-21(9-11-25)19-29-27-30-26(20-32-27)28-16-22-13-23(17-28)15-24(14-22)18-28/h8-11,19-20,22-24H,2-7,12-18H2,1H3. The molecule has 0 saturated heterocycles. The summed E-state index contributed by atoms with van der Waals surface area (Å²) >= 11 is 1.71. The zero-order valence-corrected chi connectivity index (χ0v) is 20.4. The molecule has 1 heterocycles. The normalized spacial score (nSPS) is 28.6. The van der Waals surface area contributed by atoms with E-state index in [1.54, 1.807) is 11.3 Å². The predicted molar refractivity (Wildman–Crippen MR) is 135 cm³/mol. The second kappa shape index (κ2) is 10.1. The summed E-state index contributed by atoms with van der Waals surface area (Å²) in [5, 5.41) is 3.21. The number of ether oxygens (including phenoxy) is 1. The molecular weight excluding hydrogens is 412 g/mol. The van der Waals surface area contributed by atoms with E-state index in [4.69, 9.17) is 14.7 Å². The maximum atomic E-state index is 5.90. The lowest BCUT2D eigenvalue weighted by molar-refractivity contribution is -0.00689. The van der Waals surface area contributed by atoms with Crippen LogP contribution in [0.4, 0.5) is 5.13 Å². The molecule has 1 aromatic heterocycles. The summed E-state index contributed by atoms with van der Waals surface area (Å²) in [6.45, 7) is 3.07. The van der Waals surface area contributed by atoms with Gasteiger partial charge in [0, 0.05) is 17.0 Å². The molecule has 4 fully saturated rings. The fourth-order valence-corrected chi connectivity index (χ4v) is 7.63. The molecule has 0 unspecified atom stereocenters. The Hall–Kier alpha value is -1.68. The Labute approximate surface area is 197 Å². The van der Waals surface area contributed by atoms with Gasteiger partial charge in [0.15, 0.2) is 0 Å². The SMILES string of the molecule is CCCCCCCCOc1ccc(C=Nc2nc(C34CC5CC(CC(C5)C3)C4)cs2)cc1. The van der Waals surface area contributed by atoms with Gasteiger partial charge in [0.25, 0.3) is 0 Å². The number of hydrogen-bond acceptors (Lipinski definition) is 4. The molecule has 0 aliphatic heterocycles. The van der Waals surface area contributed by atoms with Crippen molar-refractivity contribution in [1.29, 1.82) is 0 Å². The number of hydrogen-bond donors (Lipinski definition) is 0. The quantitative estimate of drug-likeness (QED) is 0.256. The highest BCUT2D eigenvalue weighted by molar-refractivity contribution is 7.13. The van der Waals surface area contributed by atoms with Crippen LogP contribution < -0.4 is 4.74 Å². The number of nitrogens with zero attached hydrogens (tertiary/aromatic N) is 2. The fourth-order valence-electron chi connectivity index (χ4n) is 6.84. The maximum Gasteiger partial charge on any atom is 0.209 e. The van der Waals surface area contributed by atoms with Crippen LogP contribution in [0.5, 0.6) is 5.75 Å². The Kier molecular flexibility index (Phi) is 6.96. The summed E-state index contributed by atoms with van der Waals surface area (Å²) in [4.78, 5) is 9.71. The number of rotatable bonds is 11. The number of thiazole rings is 1. The summed E-state index contributed by atoms with van der Waals surface area (Å²) in [5.74, 6) is 3.82. The highest BCUT2D eigenvalue weighted by Crippen LogP contribution is 2.60. The van der Waals surface area contributed by atoms with Crippen molar-refractivity contribution in [2.45, 2.75) is 89.4 Å². The molecule has 4 heteroatoms. The van der Waals surface area contributed by atoms with Crippen LogP contribution in [0.2, 0.25) is 0 Å². The third kappa shape index (κ3) is 5.11.